The van der Waals surface area contributed by atoms with Crippen LogP contribution in [0.15, 0.2) is 46.9 Å². The predicted molar refractivity (Wildman–Crippen MR) is 80.2 cm³/mol. The summed E-state index contributed by atoms with van der Waals surface area (Å²) in [6.45, 7) is 1.92. The summed E-state index contributed by atoms with van der Waals surface area (Å²) in [5.41, 5.74) is 2.04. The second-order valence-corrected chi connectivity index (χ2v) is 5.07. The molecule has 0 spiro atoms. The van der Waals surface area contributed by atoms with E-state index in [0.717, 1.165) is 10.0 Å². The number of carbonyl (C=O) groups is 2. The fourth-order valence-electron chi connectivity index (χ4n) is 1.73. The molecule has 0 bridgehead atoms. The molecule has 0 unspecified atom stereocenters. The average molecular weight is 334 g/mol. The van der Waals surface area contributed by atoms with Crippen LogP contribution in [0.25, 0.3) is 0 Å². The zero-order chi connectivity index (χ0) is 14.7. The maximum atomic E-state index is 12.1. The van der Waals surface area contributed by atoms with E-state index >= 15 is 0 Å². The summed E-state index contributed by atoms with van der Waals surface area (Å²) < 4.78 is 0.808. The largest absolute Gasteiger partial charge is 0.478 e. The number of hydrogen-bond donors (Lipinski definition) is 2. The molecular weight excluding hydrogens is 322 g/mol. The van der Waals surface area contributed by atoms with Gasteiger partial charge in [0.2, 0.25) is 0 Å². The van der Waals surface area contributed by atoms with Crippen LogP contribution < -0.4 is 5.32 Å². The Bertz CT molecular complexity index is 683. The van der Waals surface area contributed by atoms with Gasteiger partial charge >= 0.3 is 5.97 Å². The van der Waals surface area contributed by atoms with Crippen molar-refractivity contribution in [2.24, 2.45) is 0 Å². The van der Waals surface area contributed by atoms with Crippen molar-refractivity contribution in [2.75, 3.05) is 5.32 Å². The van der Waals surface area contributed by atoms with Crippen LogP contribution in [0.3, 0.4) is 0 Å². The van der Waals surface area contributed by atoms with E-state index in [1.54, 1.807) is 18.2 Å². The minimum absolute atomic E-state index is 0.0842. The Labute approximate surface area is 124 Å². The molecule has 0 aliphatic rings. The maximum Gasteiger partial charge on any atom is 0.335 e. The molecule has 0 aliphatic carbocycles. The molecule has 0 aliphatic heterocycles. The number of carbonyl (C=O) groups excluding carboxylic acids is 1. The van der Waals surface area contributed by atoms with Gasteiger partial charge < -0.3 is 10.4 Å². The zero-order valence-corrected chi connectivity index (χ0v) is 12.3. The van der Waals surface area contributed by atoms with E-state index in [4.69, 9.17) is 5.11 Å². The van der Waals surface area contributed by atoms with Gasteiger partial charge in [0, 0.05) is 10.0 Å². The van der Waals surface area contributed by atoms with Crippen molar-refractivity contribution in [3.8, 4) is 0 Å². The van der Waals surface area contributed by atoms with E-state index in [1.165, 1.54) is 12.1 Å². The molecule has 2 rings (SSSR count). The van der Waals surface area contributed by atoms with E-state index in [2.05, 4.69) is 21.2 Å². The molecule has 0 radical (unpaired) electrons. The van der Waals surface area contributed by atoms with E-state index in [1.807, 2.05) is 19.1 Å². The van der Waals surface area contributed by atoms with Crippen LogP contribution in [0.2, 0.25) is 0 Å². The number of carboxylic acid groups (broad SMARTS) is 1. The van der Waals surface area contributed by atoms with Crippen molar-refractivity contribution in [1.29, 1.82) is 0 Å². The number of aryl methyl sites for hydroxylation is 1. The van der Waals surface area contributed by atoms with Crippen molar-refractivity contribution < 1.29 is 14.7 Å². The molecule has 1 amide bonds. The van der Waals surface area contributed by atoms with Gasteiger partial charge in [0.25, 0.3) is 5.91 Å². The highest BCUT2D eigenvalue weighted by Gasteiger charge is 2.11. The van der Waals surface area contributed by atoms with Gasteiger partial charge in [-0.3, -0.25) is 4.79 Å². The third kappa shape index (κ3) is 3.05. The molecule has 2 N–H and O–H groups in total. The highest BCUT2D eigenvalue weighted by molar-refractivity contribution is 9.10. The second-order valence-electron chi connectivity index (χ2n) is 4.28. The predicted octanol–water partition coefficient (Wildman–Crippen LogP) is 3.71. The molecule has 0 saturated carbocycles. The normalized spacial score (nSPS) is 10.1. The number of carboxylic acids is 1. The van der Waals surface area contributed by atoms with Crippen LogP contribution in [0.1, 0.15) is 26.3 Å². The van der Waals surface area contributed by atoms with Gasteiger partial charge in [0.1, 0.15) is 0 Å². The lowest BCUT2D eigenvalue weighted by Crippen LogP contribution is -2.13. The highest BCUT2D eigenvalue weighted by Crippen LogP contribution is 2.26. The zero-order valence-electron chi connectivity index (χ0n) is 10.7. The molecule has 20 heavy (non-hydrogen) atoms. The van der Waals surface area contributed by atoms with Crippen LogP contribution in [-0.4, -0.2) is 17.0 Å². The first-order valence-electron chi connectivity index (χ1n) is 5.89. The standard InChI is InChI=1S/C15H12BrNO3/c1-9-4-2-7-12(13(9)16)17-14(18)10-5-3-6-11(8-10)15(19)20/h2-8H,1H3,(H,17,18)(H,19,20). The van der Waals surface area contributed by atoms with E-state index in [9.17, 15) is 9.59 Å². The van der Waals surface area contributed by atoms with E-state index < -0.39 is 5.97 Å². The Balaban J connectivity index is 2.26. The van der Waals surface area contributed by atoms with Gasteiger partial charge in [-0.1, -0.05) is 18.2 Å². The van der Waals surface area contributed by atoms with Gasteiger partial charge in [0.15, 0.2) is 0 Å². The molecule has 0 fully saturated rings. The minimum atomic E-state index is -1.06. The van der Waals surface area contributed by atoms with Gasteiger partial charge in [-0.05, 0) is 52.7 Å². The maximum absolute atomic E-state index is 12.1. The lowest BCUT2D eigenvalue weighted by Gasteiger charge is -2.09. The Hall–Kier alpha value is -2.14. The van der Waals surface area contributed by atoms with Gasteiger partial charge in [-0.2, -0.15) is 0 Å². The molecule has 2 aromatic carbocycles. The van der Waals surface area contributed by atoms with Crippen LogP contribution in [0.4, 0.5) is 5.69 Å². The van der Waals surface area contributed by atoms with Crippen molar-refractivity contribution in [1.82, 2.24) is 0 Å². The Morgan fingerprint density at radius 1 is 1.10 bits per heavy atom. The Morgan fingerprint density at radius 3 is 2.45 bits per heavy atom. The molecule has 2 aromatic rings. The third-order valence-electron chi connectivity index (χ3n) is 2.81. The molecule has 0 atom stereocenters. The fourth-order valence-corrected chi connectivity index (χ4v) is 2.10. The van der Waals surface area contributed by atoms with E-state index in [0.29, 0.717) is 11.3 Å². The van der Waals surface area contributed by atoms with Gasteiger partial charge in [0.05, 0.1) is 11.3 Å². The summed E-state index contributed by atoms with van der Waals surface area (Å²) in [7, 11) is 0. The van der Waals surface area contributed by atoms with Crippen LogP contribution in [0.5, 0.6) is 0 Å². The summed E-state index contributed by atoms with van der Waals surface area (Å²) in [6, 6.07) is 11.4. The van der Waals surface area contributed by atoms with Crippen molar-refractivity contribution >= 4 is 33.5 Å². The summed E-state index contributed by atoms with van der Waals surface area (Å²) in [6.07, 6.45) is 0. The molecule has 0 heterocycles. The summed E-state index contributed by atoms with van der Waals surface area (Å²) in [4.78, 5) is 23.0. The molecule has 0 saturated heterocycles. The van der Waals surface area contributed by atoms with E-state index in [-0.39, 0.29) is 11.5 Å². The molecule has 5 heteroatoms. The number of nitrogens with one attached hydrogen (secondary N) is 1. The molecule has 102 valence electrons. The molecular formula is C15H12BrNO3. The molecule has 0 aromatic heterocycles. The first-order valence-corrected chi connectivity index (χ1v) is 6.68. The quantitative estimate of drug-likeness (QED) is 0.899. The number of benzene rings is 2. The monoisotopic (exact) mass is 333 g/mol. The number of hydrogen-bond acceptors (Lipinski definition) is 2. The second kappa shape index (κ2) is 5.88. The fraction of sp³-hybridized carbons (Fsp3) is 0.0667. The topological polar surface area (TPSA) is 66.4 Å². The number of rotatable bonds is 3. The summed E-state index contributed by atoms with van der Waals surface area (Å²) in [5, 5.41) is 11.7. The van der Waals surface area contributed by atoms with Crippen LogP contribution >= 0.6 is 15.9 Å². The minimum Gasteiger partial charge on any atom is -0.478 e. The van der Waals surface area contributed by atoms with Gasteiger partial charge in [-0.25, -0.2) is 4.79 Å². The number of amides is 1. The first-order chi connectivity index (χ1) is 9.49. The van der Waals surface area contributed by atoms with Crippen molar-refractivity contribution in [3.63, 3.8) is 0 Å². The van der Waals surface area contributed by atoms with Crippen molar-refractivity contribution in [2.45, 2.75) is 6.92 Å². The SMILES string of the molecule is Cc1cccc(NC(=O)c2cccc(C(=O)O)c2)c1Br. The number of anilines is 1. The number of halogens is 1. The van der Waals surface area contributed by atoms with Crippen LogP contribution in [0, 0.1) is 6.92 Å². The lowest BCUT2D eigenvalue weighted by atomic mass is 10.1. The first kappa shape index (κ1) is 14.3. The summed E-state index contributed by atoms with van der Waals surface area (Å²) in [5.74, 6) is -1.41. The van der Waals surface area contributed by atoms with Gasteiger partial charge in [-0.15, -0.1) is 0 Å². The summed E-state index contributed by atoms with van der Waals surface area (Å²) >= 11 is 3.41. The average Bonchev–Trinajstić information content (AvgIpc) is 2.44. The van der Waals surface area contributed by atoms with Crippen molar-refractivity contribution in [3.05, 3.63) is 63.6 Å². The number of aromatic carboxylic acids is 1. The Morgan fingerprint density at radius 2 is 1.75 bits per heavy atom. The smallest absolute Gasteiger partial charge is 0.335 e. The lowest BCUT2D eigenvalue weighted by molar-refractivity contribution is 0.0697. The highest BCUT2D eigenvalue weighted by atomic mass is 79.9. The Kier molecular flexibility index (Phi) is 4.20. The molecule has 4 nitrogen and oxygen atoms in total. The van der Waals surface area contributed by atoms with Crippen LogP contribution in [-0.2, 0) is 0 Å². The third-order valence-corrected chi connectivity index (χ3v) is 3.86.